The number of anilines is 1. The maximum atomic E-state index is 4.35. The van der Waals surface area contributed by atoms with Crippen molar-refractivity contribution in [2.45, 2.75) is 51.5 Å². The van der Waals surface area contributed by atoms with Crippen LogP contribution in [0.25, 0.3) is 5.69 Å². The summed E-state index contributed by atoms with van der Waals surface area (Å²) >= 11 is 0. The molecule has 1 heterocycles. The van der Waals surface area contributed by atoms with E-state index in [2.05, 4.69) is 41.6 Å². The van der Waals surface area contributed by atoms with Crippen LogP contribution in [0.4, 0.5) is 5.69 Å². The van der Waals surface area contributed by atoms with Crippen molar-refractivity contribution in [3.63, 3.8) is 0 Å². The molecule has 3 rings (SSSR count). The minimum atomic E-state index is 0.606. The first-order valence-corrected chi connectivity index (χ1v) is 8.22. The maximum Gasteiger partial charge on any atom is 0.0876 e. The highest BCUT2D eigenvalue weighted by atomic mass is 15.3. The molecule has 0 amide bonds. The zero-order chi connectivity index (χ0) is 14.5. The van der Waals surface area contributed by atoms with Gasteiger partial charge in [-0.15, -0.1) is 0 Å². The number of nitrogens with zero attached hydrogens (tertiary/aromatic N) is 2. The number of rotatable bonds is 5. The van der Waals surface area contributed by atoms with Gasteiger partial charge in [0.05, 0.1) is 11.4 Å². The Morgan fingerprint density at radius 1 is 1.14 bits per heavy atom. The van der Waals surface area contributed by atoms with Crippen LogP contribution in [0.3, 0.4) is 0 Å². The number of hydrogen-bond donors (Lipinski definition) is 1. The highest BCUT2D eigenvalue weighted by molar-refractivity contribution is 5.61. The second-order valence-electron chi connectivity index (χ2n) is 6.12. The molecule has 2 aromatic rings. The predicted octanol–water partition coefficient (Wildman–Crippen LogP) is 4.64. The SMILES string of the molecule is CCCC1CCC(Nc2ccccc2-n2cccn2)CC1. The number of nitrogens with one attached hydrogen (secondary N) is 1. The van der Waals surface area contributed by atoms with Crippen molar-refractivity contribution in [1.29, 1.82) is 0 Å². The monoisotopic (exact) mass is 283 g/mol. The number of hydrogen-bond acceptors (Lipinski definition) is 2. The zero-order valence-corrected chi connectivity index (χ0v) is 12.8. The molecule has 0 spiro atoms. The molecule has 1 saturated carbocycles. The topological polar surface area (TPSA) is 29.9 Å². The molecule has 0 bridgehead atoms. The lowest BCUT2D eigenvalue weighted by molar-refractivity contribution is 0.319. The van der Waals surface area contributed by atoms with E-state index in [0.29, 0.717) is 6.04 Å². The van der Waals surface area contributed by atoms with Crippen LogP contribution in [-0.2, 0) is 0 Å². The Hall–Kier alpha value is -1.77. The summed E-state index contributed by atoms with van der Waals surface area (Å²) in [5.74, 6) is 0.953. The highest BCUT2D eigenvalue weighted by Crippen LogP contribution is 2.30. The van der Waals surface area contributed by atoms with E-state index < -0.39 is 0 Å². The summed E-state index contributed by atoms with van der Waals surface area (Å²) in [6.45, 7) is 2.30. The average molecular weight is 283 g/mol. The van der Waals surface area contributed by atoms with E-state index in [4.69, 9.17) is 0 Å². The predicted molar refractivity (Wildman–Crippen MR) is 87.8 cm³/mol. The Morgan fingerprint density at radius 2 is 1.95 bits per heavy atom. The molecule has 1 N–H and O–H groups in total. The van der Waals surface area contributed by atoms with E-state index in [0.717, 1.165) is 11.6 Å². The molecule has 1 fully saturated rings. The van der Waals surface area contributed by atoms with Crippen molar-refractivity contribution in [2.24, 2.45) is 5.92 Å². The lowest BCUT2D eigenvalue weighted by atomic mass is 9.83. The molecular formula is C18H25N3. The Balaban J connectivity index is 1.66. The maximum absolute atomic E-state index is 4.35. The molecular weight excluding hydrogens is 258 g/mol. The van der Waals surface area contributed by atoms with E-state index in [1.165, 1.54) is 44.2 Å². The first-order valence-electron chi connectivity index (χ1n) is 8.22. The van der Waals surface area contributed by atoms with Crippen molar-refractivity contribution in [3.05, 3.63) is 42.7 Å². The van der Waals surface area contributed by atoms with E-state index in [9.17, 15) is 0 Å². The first-order chi connectivity index (χ1) is 10.4. The van der Waals surface area contributed by atoms with Gasteiger partial charge in [0.2, 0.25) is 0 Å². The molecule has 1 aliphatic carbocycles. The Labute approximate surface area is 127 Å². The third-order valence-corrected chi connectivity index (χ3v) is 4.56. The minimum Gasteiger partial charge on any atom is -0.381 e. The summed E-state index contributed by atoms with van der Waals surface area (Å²) in [5, 5.41) is 8.09. The zero-order valence-electron chi connectivity index (χ0n) is 12.8. The van der Waals surface area contributed by atoms with Crippen LogP contribution >= 0.6 is 0 Å². The standard InChI is InChI=1S/C18H25N3/c1-2-6-15-9-11-16(12-10-15)20-17-7-3-4-8-18(17)21-14-5-13-19-21/h3-5,7-8,13-16,20H,2,6,9-12H2,1H3. The first kappa shape index (κ1) is 14.2. The van der Waals surface area contributed by atoms with E-state index in [1.54, 1.807) is 0 Å². The lowest BCUT2D eigenvalue weighted by Crippen LogP contribution is -2.26. The van der Waals surface area contributed by atoms with Crippen molar-refractivity contribution in [2.75, 3.05) is 5.32 Å². The third-order valence-electron chi connectivity index (χ3n) is 4.56. The fraction of sp³-hybridized carbons (Fsp3) is 0.500. The normalized spacial score (nSPS) is 22.1. The van der Waals surface area contributed by atoms with Gasteiger partial charge in [-0.1, -0.05) is 31.9 Å². The summed E-state index contributed by atoms with van der Waals surface area (Å²) in [5.41, 5.74) is 2.33. The molecule has 3 nitrogen and oxygen atoms in total. The molecule has 0 atom stereocenters. The lowest BCUT2D eigenvalue weighted by Gasteiger charge is -2.30. The molecule has 112 valence electrons. The number of aromatic nitrogens is 2. The highest BCUT2D eigenvalue weighted by Gasteiger charge is 2.21. The Morgan fingerprint density at radius 3 is 2.67 bits per heavy atom. The van der Waals surface area contributed by atoms with Gasteiger partial charge in [-0.2, -0.15) is 5.10 Å². The second kappa shape index (κ2) is 6.79. The number of benzene rings is 1. The van der Waals surface area contributed by atoms with Gasteiger partial charge in [0.1, 0.15) is 0 Å². The molecule has 0 unspecified atom stereocenters. The van der Waals surface area contributed by atoms with Gasteiger partial charge in [0.15, 0.2) is 0 Å². The summed E-state index contributed by atoms with van der Waals surface area (Å²) in [7, 11) is 0. The van der Waals surface area contributed by atoms with Gasteiger partial charge in [-0.25, -0.2) is 4.68 Å². The Kier molecular flexibility index (Phi) is 4.59. The summed E-state index contributed by atoms with van der Waals surface area (Å²) < 4.78 is 1.94. The number of para-hydroxylation sites is 2. The summed E-state index contributed by atoms with van der Waals surface area (Å²) in [6, 6.07) is 11.0. The van der Waals surface area contributed by atoms with Crippen LogP contribution in [-0.4, -0.2) is 15.8 Å². The molecule has 0 radical (unpaired) electrons. The second-order valence-corrected chi connectivity index (χ2v) is 6.12. The molecule has 0 aliphatic heterocycles. The summed E-state index contributed by atoms with van der Waals surface area (Å²) in [6.07, 6.45) is 11.9. The van der Waals surface area contributed by atoms with Gasteiger partial charge in [0.25, 0.3) is 0 Å². The van der Waals surface area contributed by atoms with Gasteiger partial charge in [-0.05, 0) is 49.8 Å². The fourth-order valence-corrected chi connectivity index (χ4v) is 3.43. The van der Waals surface area contributed by atoms with Gasteiger partial charge >= 0.3 is 0 Å². The molecule has 1 aromatic carbocycles. The minimum absolute atomic E-state index is 0.606. The van der Waals surface area contributed by atoms with E-state index >= 15 is 0 Å². The van der Waals surface area contributed by atoms with Gasteiger partial charge < -0.3 is 5.32 Å². The average Bonchev–Trinajstić information content (AvgIpc) is 3.04. The van der Waals surface area contributed by atoms with Crippen LogP contribution < -0.4 is 5.32 Å². The van der Waals surface area contributed by atoms with Gasteiger partial charge in [-0.3, -0.25) is 0 Å². The van der Waals surface area contributed by atoms with E-state index in [-0.39, 0.29) is 0 Å². The van der Waals surface area contributed by atoms with Crippen LogP contribution in [0.2, 0.25) is 0 Å². The molecule has 0 saturated heterocycles. The van der Waals surface area contributed by atoms with E-state index in [1.807, 2.05) is 23.1 Å². The van der Waals surface area contributed by atoms with Crippen molar-refractivity contribution >= 4 is 5.69 Å². The van der Waals surface area contributed by atoms with Crippen LogP contribution in [0.1, 0.15) is 45.4 Å². The van der Waals surface area contributed by atoms with Crippen molar-refractivity contribution < 1.29 is 0 Å². The molecule has 21 heavy (non-hydrogen) atoms. The van der Waals surface area contributed by atoms with Crippen molar-refractivity contribution in [3.8, 4) is 5.69 Å². The fourth-order valence-electron chi connectivity index (χ4n) is 3.43. The quantitative estimate of drug-likeness (QED) is 0.866. The molecule has 3 heteroatoms. The van der Waals surface area contributed by atoms with Crippen LogP contribution in [0.5, 0.6) is 0 Å². The van der Waals surface area contributed by atoms with Gasteiger partial charge in [0, 0.05) is 18.4 Å². The third kappa shape index (κ3) is 3.46. The van der Waals surface area contributed by atoms with Crippen molar-refractivity contribution in [1.82, 2.24) is 9.78 Å². The molecule has 1 aromatic heterocycles. The largest absolute Gasteiger partial charge is 0.381 e. The summed E-state index contributed by atoms with van der Waals surface area (Å²) in [4.78, 5) is 0. The van der Waals surface area contributed by atoms with Crippen LogP contribution in [0.15, 0.2) is 42.7 Å². The smallest absolute Gasteiger partial charge is 0.0876 e. The van der Waals surface area contributed by atoms with Crippen LogP contribution in [0, 0.1) is 5.92 Å². The molecule has 1 aliphatic rings. The Bertz CT molecular complexity index is 539.